The Bertz CT molecular complexity index is 570. The highest BCUT2D eigenvalue weighted by Gasteiger charge is 2.28. The van der Waals surface area contributed by atoms with Gasteiger partial charge >= 0.3 is 0 Å². The first-order valence-electron chi connectivity index (χ1n) is 5.95. The van der Waals surface area contributed by atoms with Gasteiger partial charge < -0.3 is 10.0 Å². The van der Waals surface area contributed by atoms with E-state index >= 15 is 0 Å². The summed E-state index contributed by atoms with van der Waals surface area (Å²) in [6.07, 6.45) is 2.36. The van der Waals surface area contributed by atoms with Crippen molar-refractivity contribution in [1.82, 2.24) is 20.2 Å². The van der Waals surface area contributed by atoms with E-state index in [4.69, 9.17) is 11.6 Å². The SMILES string of the molecule is CC(O)C1CCN(c2nc(Cl)nc3[nH]ncc23)C1. The van der Waals surface area contributed by atoms with Crippen LogP contribution in [0.15, 0.2) is 6.20 Å². The first kappa shape index (κ1) is 11.7. The Kier molecular flexibility index (Phi) is 2.83. The summed E-state index contributed by atoms with van der Waals surface area (Å²) in [6.45, 7) is 3.48. The maximum absolute atomic E-state index is 9.64. The highest BCUT2D eigenvalue weighted by Crippen LogP contribution is 2.29. The van der Waals surface area contributed by atoms with Crippen LogP contribution in [0.1, 0.15) is 13.3 Å². The van der Waals surface area contributed by atoms with E-state index in [0.29, 0.717) is 5.65 Å². The summed E-state index contributed by atoms with van der Waals surface area (Å²) in [5.41, 5.74) is 0.644. The van der Waals surface area contributed by atoms with E-state index in [-0.39, 0.29) is 17.3 Å². The van der Waals surface area contributed by atoms with E-state index in [9.17, 15) is 5.11 Å². The standard InChI is InChI=1S/C11H14ClN5O/c1-6(18)7-2-3-17(5-7)10-8-4-13-16-9(8)14-11(12)15-10/h4,6-7,18H,2-3,5H2,1H3,(H,13,14,15,16). The van der Waals surface area contributed by atoms with Crippen molar-refractivity contribution in [3.63, 3.8) is 0 Å². The van der Waals surface area contributed by atoms with Gasteiger partial charge in [0.2, 0.25) is 5.28 Å². The third-order valence-electron chi connectivity index (χ3n) is 3.47. The minimum absolute atomic E-state index is 0.210. The molecule has 1 aliphatic heterocycles. The summed E-state index contributed by atoms with van der Waals surface area (Å²) in [5, 5.41) is 17.5. The molecule has 1 saturated heterocycles. The lowest BCUT2D eigenvalue weighted by Gasteiger charge is -2.19. The number of rotatable bonds is 2. The van der Waals surface area contributed by atoms with Crippen molar-refractivity contribution in [3.8, 4) is 0 Å². The van der Waals surface area contributed by atoms with Gasteiger partial charge in [0, 0.05) is 19.0 Å². The second-order valence-electron chi connectivity index (χ2n) is 4.68. The van der Waals surface area contributed by atoms with Gasteiger partial charge in [-0.15, -0.1) is 0 Å². The van der Waals surface area contributed by atoms with Crippen LogP contribution >= 0.6 is 11.6 Å². The topological polar surface area (TPSA) is 77.9 Å². The van der Waals surface area contributed by atoms with Gasteiger partial charge in [-0.2, -0.15) is 15.1 Å². The fourth-order valence-corrected chi connectivity index (χ4v) is 2.57. The summed E-state index contributed by atoms with van der Waals surface area (Å²) in [6, 6.07) is 0. The van der Waals surface area contributed by atoms with Crippen LogP contribution < -0.4 is 4.90 Å². The van der Waals surface area contributed by atoms with Crippen molar-refractivity contribution < 1.29 is 5.11 Å². The van der Waals surface area contributed by atoms with Gasteiger partial charge in [0.1, 0.15) is 5.82 Å². The summed E-state index contributed by atoms with van der Waals surface area (Å²) in [5.74, 6) is 1.07. The molecule has 18 heavy (non-hydrogen) atoms. The number of aliphatic hydroxyl groups excluding tert-OH is 1. The second kappa shape index (κ2) is 4.37. The van der Waals surface area contributed by atoms with Gasteiger partial charge in [0.25, 0.3) is 0 Å². The number of hydrogen-bond acceptors (Lipinski definition) is 5. The number of H-pyrrole nitrogens is 1. The maximum Gasteiger partial charge on any atom is 0.226 e. The van der Waals surface area contributed by atoms with Crippen LogP contribution in [0.2, 0.25) is 5.28 Å². The van der Waals surface area contributed by atoms with E-state index in [1.54, 1.807) is 6.20 Å². The zero-order valence-corrected chi connectivity index (χ0v) is 10.7. The Labute approximate surface area is 109 Å². The second-order valence-corrected chi connectivity index (χ2v) is 5.02. The molecule has 2 atom stereocenters. The molecule has 0 aromatic carbocycles. The van der Waals surface area contributed by atoms with E-state index < -0.39 is 0 Å². The highest BCUT2D eigenvalue weighted by atomic mass is 35.5. The molecule has 3 heterocycles. The normalized spacial score (nSPS) is 21.7. The Morgan fingerprint density at radius 2 is 2.39 bits per heavy atom. The van der Waals surface area contributed by atoms with Gasteiger partial charge in [0.05, 0.1) is 17.7 Å². The largest absolute Gasteiger partial charge is 0.393 e. The van der Waals surface area contributed by atoms with Crippen LogP contribution in [-0.4, -0.2) is 44.5 Å². The Balaban J connectivity index is 1.97. The first-order chi connectivity index (χ1) is 8.65. The monoisotopic (exact) mass is 267 g/mol. The molecule has 1 fully saturated rings. The van der Waals surface area contributed by atoms with E-state index in [2.05, 4.69) is 25.1 Å². The van der Waals surface area contributed by atoms with Gasteiger partial charge in [-0.1, -0.05) is 0 Å². The molecule has 2 aromatic heterocycles. The molecule has 2 N–H and O–H groups in total. The lowest BCUT2D eigenvalue weighted by Crippen LogP contribution is -2.24. The van der Waals surface area contributed by atoms with Crippen LogP contribution in [0.4, 0.5) is 5.82 Å². The van der Waals surface area contributed by atoms with Crippen LogP contribution in [0.3, 0.4) is 0 Å². The van der Waals surface area contributed by atoms with Crippen LogP contribution in [-0.2, 0) is 0 Å². The Morgan fingerprint density at radius 1 is 1.56 bits per heavy atom. The minimum atomic E-state index is -0.299. The molecular weight excluding hydrogens is 254 g/mol. The molecule has 0 radical (unpaired) electrons. The summed E-state index contributed by atoms with van der Waals surface area (Å²) >= 11 is 5.91. The number of anilines is 1. The predicted molar refractivity (Wildman–Crippen MR) is 68.7 cm³/mol. The number of aromatic amines is 1. The molecule has 0 amide bonds. The van der Waals surface area contributed by atoms with Gasteiger partial charge in [-0.3, -0.25) is 5.10 Å². The molecule has 7 heteroatoms. The van der Waals surface area contributed by atoms with Crippen molar-refractivity contribution in [3.05, 3.63) is 11.5 Å². The number of nitrogens with zero attached hydrogens (tertiary/aromatic N) is 4. The van der Waals surface area contributed by atoms with Crippen LogP contribution in [0.5, 0.6) is 0 Å². The van der Waals surface area contributed by atoms with Crippen molar-refractivity contribution in [2.24, 2.45) is 5.92 Å². The smallest absolute Gasteiger partial charge is 0.226 e. The van der Waals surface area contributed by atoms with Gasteiger partial charge in [0.15, 0.2) is 5.65 Å². The van der Waals surface area contributed by atoms with Crippen molar-refractivity contribution in [2.45, 2.75) is 19.4 Å². The van der Waals surface area contributed by atoms with Crippen molar-refractivity contribution >= 4 is 28.5 Å². The fraction of sp³-hybridized carbons (Fsp3) is 0.545. The maximum atomic E-state index is 9.64. The average Bonchev–Trinajstić information content (AvgIpc) is 2.95. The molecular formula is C11H14ClN5O. The number of hydrogen-bond donors (Lipinski definition) is 2. The van der Waals surface area contributed by atoms with Gasteiger partial charge in [-0.25, -0.2) is 0 Å². The molecule has 0 saturated carbocycles. The molecule has 0 bridgehead atoms. The third-order valence-corrected chi connectivity index (χ3v) is 3.64. The van der Waals surface area contributed by atoms with Crippen molar-refractivity contribution in [2.75, 3.05) is 18.0 Å². The molecule has 3 rings (SSSR count). The van der Waals surface area contributed by atoms with Crippen LogP contribution in [0, 0.1) is 5.92 Å². The number of halogens is 1. The summed E-state index contributed by atoms with van der Waals surface area (Å²) in [4.78, 5) is 10.5. The van der Waals surface area contributed by atoms with Gasteiger partial charge in [-0.05, 0) is 24.9 Å². The quantitative estimate of drug-likeness (QED) is 0.800. The zero-order valence-electron chi connectivity index (χ0n) is 9.97. The zero-order chi connectivity index (χ0) is 12.7. The van der Waals surface area contributed by atoms with E-state index in [0.717, 1.165) is 30.7 Å². The molecule has 6 nitrogen and oxygen atoms in total. The number of fused-ring (bicyclic) bond motifs is 1. The summed E-state index contributed by atoms with van der Waals surface area (Å²) < 4.78 is 0. The lowest BCUT2D eigenvalue weighted by molar-refractivity contribution is 0.136. The Morgan fingerprint density at radius 3 is 3.11 bits per heavy atom. The lowest BCUT2D eigenvalue weighted by atomic mass is 10.0. The van der Waals surface area contributed by atoms with Crippen molar-refractivity contribution in [1.29, 1.82) is 0 Å². The molecule has 2 unspecified atom stereocenters. The number of aromatic nitrogens is 4. The van der Waals surface area contributed by atoms with E-state index in [1.807, 2.05) is 6.92 Å². The number of aliphatic hydroxyl groups is 1. The predicted octanol–water partition coefficient (Wildman–Crippen LogP) is 1.21. The molecule has 96 valence electrons. The molecule has 0 aliphatic carbocycles. The minimum Gasteiger partial charge on any atom is -0.393 e. The summed E-state index contributed by atoms with van der Waals surface area (Å²) in [7, 11) is 0. The third kappa shape index (κ3) is 1.91. The first-order valence-corrected chi connectivity index (χ1v) is 6.32. The molecule has 2 aromatic rings. The molecule has 1 aliphatic rings. The Hall–Kier alpha value is -1.40. The number of nitrogens with one attached hydrogen (secondary N) is 1. The van der Waals surface area contributed by atoms with Crippen LogP contribution in [0.25, 0.3) is 11.0 Å². The fourth-order valence-electron chi connectivity index (χ4n) is 2.41. The average molecular weight is 268 g/mol. The van der Waals surface area contributed by atoms with E-state index in [1.165, 1.54) is 0 Å². The highest BCUT2D eigenvalue weighted by molar-refractivity contribution is 6.28. The molecule has 0 spiro atoms.